The molecule has 2 heterocycles. The van der Waals surface area contributed by atoms with Gasteiger partial charge in [0.1, 0.15) is 18.2 Å². The highest BCUT2D eigenvalue weighted by Gasteiger charge is 2.15. The molecule has 5 nitrogen and oxygen atoms in total. The molecule has 0 aliphatic carbocycles. The minimum absolute atomic E-state index is 0.213. The maximum absolute atomic E-state index is 13.0. The number of hydrogen-bond donors (Lipinski definition) is 0. The molecule has 0 radical (unpaired) electrons. The molecule has 0 unspecified atom stereocenters. The van der Waals surface area contributed by atoms with Crippen LogP contribution in [-0.4, -0.2) is 15.7 Å². The van der Waals surface area contributed by atoms with Gasteiger partial charge in [-0.25, -0.2) is 9.07 Å². The lowest BCUT2D eigenvalue weighted by Gasteiger charge is -2.10. The van der Waals surface area contributed by atoms with Crippen LogP contribution in [0.25, 0.3) is 11.3 Å². The SMILES string of the molecule is O=C(c1ccco1)n1ccc(-c2ccccc2OCc2ccc(F)cc2)n1. The molecule has 4 aromatic rings. The predicted molar refractivity (Wildman–Crippen MR) is 96.8 cm³/mol. The van der Waals surface area contributed by atoms with Gasteiger partial charge in [0.2, 0.25) is 0 Å². The molecule has 0 bridgehead atoms. The summed E-state index contributed by atoms with van der Waals surface area (Å²) in [6, 6.07) is 18.5. The van der Waals surface area contributed by atoms with Crippen LogP contribution in [0.2, 0.25) is 0 Å². The lowest BCUT2D eigenvalue weighted by Crippen LogP contribution is -2.11. The molecule has 6 heteroatoms. The second kappa shape index (κ2) is 7.29. The van der Waals surface area contributed by atoms with Crippen LogP contribution < -0.4 is 4.74 Å². The summed E-state index contributed by atoms with van der Waals surface area (Å²) in [6.07, 6.45) is 3.02. The fourth-order valence-corrected chi connectivity index (χ4v) is 2.64. The third-order valence-electron chi connectivity index (χ3n) is 4.00. The fraction of sp³-hybridized carbons (Fsp3) is 0.0476. The number of furan rings is 1. The Morgan fingerprint density at radius 3 is 2.63 bits per heavy atom. The minimum Gasteiger partial charge on any atom is -0.488 e. The Hall–Kier alpha value is -3.67. The highest BCUT2D eigenvalue weighted by molar-refractivity contribution is 5.92. The van der Waals surface area contributed by atoms with Crippen molar-refractivity contribution in [2.75, 3.05) is 0 Å². The van der Waals surface area contributed by atoms with E-state index < -0.39 is 0 Å². The van der Waals surface area contributed by atoms with Crippen LogP contribution in [0.4, 0.5) is 4.39 Å². The molecule has 0 fully saturated rings. The zero-order chi connectivity index (χ0) is 18.6. The molecule has 2 aromatic heterocycles. The molecule has 0 N–H and O–H groups in total. The Kier molecular flexibility index (Phi) is 4.53. The van der Waals surface area contributed by atoms with Crippen molar-refractivity contribution in [2.24, 2.45) is 0 Å². The molecule has 0 aliphatic heterocycles. The van der Waals surface area contributed by atoms with E-state index in [1.807, 2.05) is 24.3 Å². The standard InChI is InChI=1S/C21H15FN2O3/c22-16-9-7-15(8-10-16)14-27-19-5-2-1-4-17(19)18-11-12-24(23-18)21(25)20-6-3-13-26-20/h1-13H,14H2. The smallest absolute Gasteiger partial charge is 0.313 e. The van der Waals surface area contributed by atoms with Crippen molar-refractivity contribution < 1.29 is 18.3 Å². The third kappa shape index (κ3) is 3.64. The summed E-state index contributed by atoms with van der Waals surface area (Å²) in [4.78, 5) is 12.3. The Balaban J connectivity index is 1.56. The number of para-hydroxylation sites is 1. The van der Waals surface area contributed by atoms with Gasteiger partial charge in [0.15, 0.2) is 5.76 Å². The van der Waals surface area contributed by atoms with Crippen LogP contribution in [0.5, 0.6) is 5.75 Å². The van der Waals surface area contributed by atoms with Crippen molar-refractivity contribution in [1.82, 2.24) is 9.78 Å². The van der Waals surface area contributed by atoms with Crippen molar-refractivity contribution in [3.8, 4) is 17.0 Å². The Bertz CT molecular complexity index is 1050. The van der Waals surface area contributed by atoms with Gasteiger partial charge in [-0.3, -0.25) is 4.79 Å². The average molecular weight is 362 g/mol. The van der Waals surface area contributed by atoms with Crippen LogP contribution in [0.15, 0.2) is 83.6 Å². The van der Waals surface area contributed by atoms with Gasteiger partial charge in [-0.2, -0.15) is 5.10 Å². The topological polar surface area (TPSA) is 57.3 Å². The molecule has 4 rings (SSSR count). The zero-order valence-electron chi connectivity index (χ0n) is 14.2. The molecule has 0 amide bonds. The monoisotopic (exact) mass is 362 g/mol. The third-order valence-corrected chi connectivity index (χ3v) is 4.00. The highest BCUT2D eigenvalue weighted by atomic mass is 19.1. The number of nitrogens with zero attached hydrogens (tertiary/aromatic N) is 2. The van der Waals surface area contributed by atoms with E-state index in [1.54, 1.807) is 36.5 Å². The Labute approximate surface area is 154 Å². The summed E-state index contributed by atoms with van der Waals surface area (Å²) in [5, 5.41) is 4.34. The van der Waals surface area contributed by atoms with Crippen molar-refractivity contribution in [2.45, 2.75) is 6.61 Å². The van der Waals surface area contributed by atoms with Gasteiger partial charge in [-0.1, -0.05) is 24.3 Å². The molecule has 0 saturated heterocycles. The van der Waals surface area contributed by atoms with E-state index in [2.05, 4.69) is 5.10 Å². The molecule has 0 saturated carbocycles. The molecular formula is C21H15FN2O3. The Morgan fingerprint density at radius 1 is 1.04 bits per heavy atom. The summed E-state index contributed by atoms with van der Waals surface area (Å²) in [6.45, 7) is 0.295. The van der Waals surface area contributed by atoms with Gasteiger partial charge in [-0.15, -0.1) is 0 Å². The fourth-order valence-electron chi connectivity index (χ4n) is 2.64. The Morgan fingerprint density at radius 2 is 1.85 bits per heavy atom. The van der Waals surface area contributed by atoms with E-state index in [1.165, 1.54) is 23.1 Å². The molecule has 27 heavy (non-hydrogen) atoms. The molecule has 134 valence electrons. The molecule has 0 spiro atoms. The van der Waals surface area contributed by atoms with Gasteiger partial charge in [-0.05, 0) is 48.0 Å². The van der Waals surface area contributed by atoms with Crippen LogP contribution in [-0.2, 0) is 6.61 Å². The maximum atomic E-state index is 13.0. The number of hydrogen-bond acceptors (Lipinski definition) is 4. The first-order valence-electron chi connectivity index (χ1n) is 8.31. The number of rotatable bonds is 5. The summed E-state index contributed by atoms with van der Waals surface area (Å²) in [7, 11) is 0. The van der Waals surface area contributed by atoms with E-state index in [-0.39, 0.29) is 17.5 Å². The number of ether oxygens (including phenoxy) is 1. The molecule has 2 aromatic carbocycles. The van der Waals surface area contributed by atoms with E-state index >= 15 is 0 Å². The van der Waals surface area contributed by atoms with Gasteiger partial charge < -0.3 is 9.15 Å². The first-order chi connectivity index (χ1) is 13.2. The van der Waals surface area contributed by atoms with Crippen molar-refractivity contribution in [3.05, 3.63) is 96.3 Å². The van der Waals surface area contributed by atoms with E-state index in [0.29, 0.717) is 18.1 Å². The largest absolute Gasteiger partial charge is 0.488 e. The molecule has 0 aliphatic rings. The summed E-state index contributed by atoms with van der Waals surface area (Å²) in [5.74, 6) is 0.199. The van der Waals surface area contributed by atoms with Gasteiger partial charge in [0.25, 0.3) is 0 Å². The normalized spacial score (nSPS) is 10.7. The van der Waals surface area contributed by atoms with Crippen LogP contribution >= 0.6 is 0 Å². The van der Waals surface area contributed by atoms with Crippen molar-refractivity contribution >= 4 is 5.91 Å². The molecule has 0 atom stereocenters. The average Bonchev–Trinajstić information content (AvgIpc) is 3.39. The lowest BCUT2D eigenvalue weighted by molar-refractivity contribution is 0.0917. The predicted octanol–water partition coefficient (Wildman–Crippen LogP) is 4.55. The quantitative estimate of drug-likeness (QED) is 0.523. The first-order valence-corrected chi connectivity index (χ1v) is 8.31. The van der Waals surface area contributed by atoms with E-state index in [0.717, 1.165) is 11.1 Å². The number of benzene rings is 2. The summed E-state index contributed by atoms with van der Waals surface area (Å²) >= 11 is 0. The van der Waals surface area contributed by atoms with E-state index in [9.17, 15) is 9.18 Å². The summed E-state index contributed by atoms with van der Waals surface area (Å²) < 4.78 is 25.3. The highest BCUT2D eigenvalue weighted by Crippen LogP contribution is 2.29. The lowest BCUT2D eigenvalue weighted by atomic mass is 10.1. The maximum Gasteiger partial charge on any atom is 0.313 e. The first kappa shape index (κ1) is 16.8. The number of carbonyl (C=O) groups excluding carboxylic acids is 1. The van der Waals surface area contributed by atoms with Crippen molar-refractivity contribution in [3.63, 3.8) is 0 Å². The molecular weight excluding hydrogens is 347 g/mol. The second-order valence-corrected chi connectivity index (χ2v) is 5.84. The number of halogens is 1. The minimum atomic E-state index is -0.351. The zero-order valence-corrected chi connectivity index (χ0v) is 14.2. The number of carbonyl (C=O) groups is 1. The summed E-state index contributed by atoms with van der Waals surface area (Å²) in [5.41, 5.74) is 2.21. The number of aromatic nitrogens is 2. The van der Waals surface area contributed by atoms with Crippen molar-refractivity contribution in [1.29, 1.82) is 0 Å². The van der Waals surface area contributed by atoms with Crippen LogP contribution in [0.3, 0.4) is 0 Å². The van der Waals surface area contributed by atoms with Gasteiger partial charge in [0.05, 0.1) is 12.0 Å². The van der Waals surface area contributed by atoms with Crippen LogP contribution in [0.1, 0.15) is 16.1 Å². The van der Waals surface area contributed by atoms with E-state index in [4.69, 9.17) is 9.15 Å². The second-order valence-electron chi connectivity index (χ2n) is 5.84. The van der Waals surface area contributed by atoms with Gasteiger partial charge >= 0.3 is 5.91 Å². The van der Waals surface area contributed by atoms with Crippen LogP contribution in [0, 0.1) is 5.82 Å². The van der Waals surface area contributed by atoms with Gasteiger partial charge in [0, 0.05) is 11.8 Å².